The van der Waals surface area contributed by atoms with Crippen LogP contribution in [0.15, 0.2) is 34.6 Å². The molecule has 0 aliphatic rings. The summed E-state index contributed by atoms with van der Waals surface area (Å²) in [5, 5.41) is 1.62. The molecule has 0 aliphatic carbocycles. The van der Waals surface area contributed by atoms with Crippen LogP contribution in [0.1, 0.15) is 15.9 Å². The Morgan fingerprint density at radius 1 is 1.47 bits per heavy atom. The van der Waals surface area contributed by atoms with E-state index in [1.54, 1.807) is 11.6 Å². The van der Waals surface area contributed by atoms with Gasteiger partial charge in [0.15, 0.2) is 0 Å². The molecule has 0 unspecified atom stereocenters. The molecule has 0 bridgehead atoms. The highest BCUT2D eigenvalue weighted by Gasteiger charge is 2.08. The number of primary amides is 1. The van der Waals surface area contributed by atoms with Crippen molar-refractivity contribution in [3.05, 3.63) is 56.4 Å². The molecule has 17 heavy (non-hydrogen) atoms. The van der Waals surface area contributed by atoms with E-state index in [0.717, 1.165) is 11.3 Å². The monoisotopic (exact) mass is 252 g/mol. The Morgan fingerprint density at radius 3 is 2.82 bits per heavy atom. The minimum Gasteiger partial charge on any atom is -0.366 e. The first-order valence-corrected chi connectivity index (χ1v) is 5.68. The number of benzene rings is 1. The average Bonchev–Trinajstić information content (AvgIpc) is 2.67. The second-order valence-corrected chi connectivity index (χ2v) is 4.32. The summed E-state index contributed by atoms with van der Waals surface area (Å²) in [4.78, 5) is 22.1. The maximum atomic E-state index is 13.5. The van der Waals surface area contributed by atoms with E-state index in [4.69, 9.17) is 5.73 Å². The Bertz CT molecular complexity index is 618. The van der Waals surface area contributed by atoms with Crippen molar-refractivity contribution >= 4 is 17.2 Å². The molecule has 2 N–H and O–H groups in total. The Labute approximate surface area is 100 Å². The summed E-state index contributed by atoms with van der Waals surface area (Å²) in [5.74, 6) is -1.09. The summed E-state index contributed by atoms with van der Waals surface area (Å²) in [5.41, 5.74) is 5.60. The number of amides is 1. The van der Waals surface area contributed by atoms with Crippen LogP contribution in [0.5, 0.6) is 0 Å². The van der Waals surface area contributed by atoms with Crippen molar-refractivity contribution in [3.8, 4) is 0 Å². The van der Waals surface area contributed by atoms with Crippen LogP contribution in [-0.2, 0) is 6.54 Å². The maximum absolute atomic E-state index is 13.5. The van der Waals surface area contributed by atoms with E-state index >= 15 is 0 Å². The van der Waals surface area contributed by atoms with Gasteiger partial charge in [-0.25, -0.2) is 4.39 Å². The minimum atomic E-state index is -0.621. The van der Waals surface area contributed by atoms with Gasteiger partial charge in [-0.2, -0.15) is 0 Å². The maximum Gasteiger partial charge on any atom is 0.307 e. The second kappa shape index (κ2) is 4.50. The highest BCUT2D eigenvalue weighted by molar-refractivity contribution is 7.07. The van der Waals surface area contributed by atoms with Crippen LogP contribution in [0, 0.1) is 5.82 Å². The highest BCUT2D eigenvalue weighted by Crippen LogP contribution is 2.11. The lowest BCUT2D eigenvalue weighted by Crippen LogP contribution is -2.15. The molecule has 0 aliphatic heterocycles. The van der Waals surface area contributed by atoms with E-state index in [9.17, 15) is 14.0 Å². The largest absolute Gasteiger partial charge is 0.366 e. The summed E-state index contributed by atoms with van der Waals surface area (Å²) in [7, 11) is 0. The van der Waals surface area contributed by atoms with E-state index in [1.807, 2.05) is 0 Å². The Hall–Kier alpha value is -1.95. The quantitative estimate of drug-likeness (QED) is 0.891. The lowest BCUT2D eigenvalue weighted by atomic mass is 10.1. The molecule has 0 fully saturated rings. The topological polar surface area (TPSA) is 65.1 Å². The predicted octanol–water partition coefficient (Wildman–Crippen LogP) is 1.20. The van der Waals surface area contributed by atoms with Crippen molar-refractivity contribution in [2.45, 2.75) is 6.54 Å². The number of thiazole rings is 1. The number of rotatable bonds is 3. The number of aromatic nitrogens is 1. The number of carbonyl (C=O) groups excluding carboxylic acids is 1. The third-order valence-electron chi connectivity index (χ3n) is 2.32. The van der Waals surface area contributed by atoms with Gasteiger partial charge in [0.2, 0.25) is 5.91 Å². The lowest BCUT2D eigenvalue weighted by molar-refractivity contribution is 0.1000. The average molecular weight is 252 g/mol. The van der Waals surface area contributed by atoms with Gasteiger partial charge in [-0.05, 0) is 18.2 Å². The summed E-state index contributed by atoms with van der Waals surface area (Å²) < 4.78 is 14.9. The molecule has 0 saturated heterocycles. The molecule has 6 heteroatoms. The van der Waals surface area contributed by atoms with Crippen LogP contribution in [0.25, 0.3) is 0 Å². The number of halogens is 1. The third-order valence-corrected chi connectivity index (χ3v) is 3.01. The SMILES string of the molecule is NC(=O)c1ccc(F)c(Cn2ccsc2=O)c1. The minimum absolute atomic E-state index is 0.0925. The summed E-state index contributed by atoms with van der Waals surface area (Å²) in [6.45, 7) is 0.0925. The molecule has 0 spiro atoms. The van der Waals surface area contributed by atoms with Crippen molar-refractivity contribution in [2.75, 3.05) is 0 Å². The molecule has 0 atom stereocenters. The second-order valence-electron chi connectivity index (χ2n) is 3.47. The van der Waals surface area contributed by atoms with E-state index in [-0.39, 0.29) is 22.5 Å². The molecule has 1 aromatic carbocycles. The standard InChI is InChI=1S/C11H9FN2O2S/c12-9-2-1-7(10(13)15)5-8(9)6-14-3-4-17-11(14)16/h1-5H,6H2,(H2,13,15). The fourth-order valence-electron chi connectivity index (χ4n) is 1.44. The van der Waals surface area contributed by atoms with Crippen molar-refractivity contribution in [3.63, 3.8) is 0 Å². The first-order chi connectivity index (χ1) is 8.08. The zero-order valence-electron chi connectivity index (χ0n) is 8.72. The number of carbonyl (C=O) groups is 1. The molecule has 2 aromatic rings. The van der Waals surface area contributed by atoms with Crippen molar-refractivity contribution in [1.82, 2.24) is 4.57 Å². The number of nitrogens with two attached hydrogens (primary N) is 1. The van der Waals surface area contributed by atoms with E-state index in [0.29, 0.717) is 0 Å². The van der Waals surface area contributed by atoms with Crippen molar-refractivity contribution < 1.29 is 9.18 Å². The van der Waals surface area contributed by atoms with Gasteiger partial charge in [0.25, 0.3) is 0 Å². The Morgan fingerprint density at radius 2 is 2.24 bits per heavy atom. The van der Waals surface area contributed by atoms with Crippen molar-refractivity contribution in [1.29, 1.82) is 0 Å². The molecule has 88 valence electrons. The highest BCUT2D eigenvalue weighted by atomic mass is 32.1. The van der Waals surface area contributed by atoms with E-state index < -0.39 is 11.7 Å². The lowest BCUT2D eigenvalue weighted by Gasteiger charge is -2.05. The molecule has 0 saturated carbocycles. The zero-order chi connectivity index (χ0) is 12.4. The van der Waals surface area contributed by atoms with Crippen LogP contribution in [0.4, 0.5) is 4.39 Å². The normalized spacial score (nSPS) is 10.4. The molecular weight excluding hydrogens is 243 g/mol. The molecule has 1 aromatic heterocycles. The zero-order valence-corrected chi connectivity index (χ0v) is 9.54. The van der Waals surface area contributed by atoms with Gasteiger partial charge in [-0.15, -0.1) is 0 Å². The summed E-state index contributed by atoms with van der Waals surface area (Å²) >= 11 is 1.03. The van der Waals surface area contributed by atoms with Crippen LogP contribution in [0.3, 0.4) is 0 Å². The van der Waals surface area contributed by atoms with Gasteiger partial charge in [-0.3, -0.25) is 9.59 Å². The number of hydrogen-bond donors (Lipinski definition) is 1. The van der Waals surface area contributed by atoms with E-state index in [2.05, 4.69) is 0 Å². The predicted molar refractivity (Wildman–Crippen MR) is 62.6 cm³/mol. The summed E-state index contributed by atoms with van der Waals surface area (Å²) in [6.07, 6.45) is 1.57. The molecule has 0 radical (unpaired) electrons. The third kappa shape index (κ3) is 2.42. The first-order valence-electron chi connectivity index (χ1n) is 4.80. The van der Waals surface area contributed by atoms with Gasteiger partial charge in [0.1, 0.15) is 5.82 Å². The van der Waals surface area contributed by atoms with Gasteiger partial charge < -0.3 is 10.3 Å². The molecule has 4 nitrogen and oxygen atoms in total. The Kier molecular flexibility index (Phi) is 3.06. The van der Waals surface area contributed by atoms with Gasteiger partial charge >= 0.3 is 4.87 Å². The van der Waals surface area contributed by atoms with Gasteiger partial charge in [0, 0.05) is 22.7 Å². The molecular formula is C11H9FN2O2S. The molecule has 1 amide bonds. The van der Waals surface area contributed by atoms with Gasteiger partial charge in [-0.1, -0.05) is 11.3 Å². The van der Waals surface area contributed by atoms with Crippen LogP contribution in [0.2, 0.25) is 0 Å². The fraction of sp³-hybridized carbons (Fsp3) is 0.0909. The molecule has 1 heterocycles. The Balaban J connectivity index is 2.38. The van der Waals surface area contributed by atoms with E-state index in [1.165, 1.54) is 22.8 Å². The van der Waals surface area contributed by atoms with Crippen LogP contribution in [-0.4, -0.2) is 10.5 Å². The fourth-order valence-corrected chi connectivity index (χ4v) is 2.03. The smallest absolute Gasteiger partial charge is 0.307 e. The van der Waals surface area contributed by atoms with Gasteiger partial charge in [0.05, 0.1) is 6.54 Å². The number of hydrogen-bond acceptors (Lipinski definition) is 3. The first kappa shape index (κ1) is 11.5. The summed E-state index contributed by atoms with van der Waals surface area (Å²) in [6, 6.07) is 3.85. The van der Waals surface area contributed by atoms with Crippen LogP contribution < -0.4 is 10.6 Å². The number of nitrogens with zero attached hydrogens (tertiary/aromatic N) is 1. The molecule has 2 rings (SSSR count). The van der Waals surface area contributed by atoms with Crippen molar-refractivity contribution in [2.24, 2.45) is 5.73 Å². The van der Waals surface area contributed by atoms with Crippen LogP contribution >= 0.6 is 11.3 Å².